The van der Waals surface area contributed by atoms with E-state index < -0.39 is 12.1 Å². The van der Waals surface area contributed by atoms with Gasteiger partial charge in [0, 0.05) is 22.3 Å². The molecule has 0 aliphatic carbocycles. The number of rotatable bonds is 6. The van der Waals surface area contributed by atoms with Gasteiger partial charge in [0.25, 0.3) is 0 Å². The van der Waals surface area contributed by atoms with E-state index in [0.717, 1.165) is 22.7 Å². The highest BCUT2D eigenvalue weighted by Crippen LogP contribution is 2.21. The Balaban J connectivity index is 1.53. The molecule has 3 aromatic heterocycles. The van der Waals surface area contributed by atoms with Crippen molar-refractivity contribution in [1.82, 2.24) is 14.8 Å². The van der Waals surface area contributed by atoms with Crippen molar-refractivity contribution in [3.63, 3.8) is 0 Å². The van der Waals surface area contributed by atoms with Crippen LogP contribution in [0.25, 0.3) is 10.9 Å². The lowest BCUT2D eigenvalue weighted by Crippen LogP contribution is -2.25. The van der Waals surface area contributed by atoms with Gasteiger partial charge in [0.1, 0.15) is 5.76 Å². The molecule has 0 bridgehead atoms. The first-order chi connectivity index (χ1) is 14.0. The van der Waals surface area contributed by atoms with E-state index in [2.05, 4.69) is 10.2 Å². The number of carbonyl (C=O) groups is 2. The molecule has 0 amide bonds. The largest absolute Gasteiger partial charge is 0.467 e. The standard InChI is InChI=1S/C22H21N3O4/c1-13-11-18(14(2)25(13)12-16-7-6-10-28-16)21(26)15(3)29-22(27)20-17-8-4-5-9-19(17)23-24-20/h4-11,15H,12H2,1-3H3,(H,23,24)/t15-/m0/s1. The summed E-state index contributed by atoms with van der Waals surface area (Å²) in [6, 6.07) is 12.8. The van der Waals surface area contributed by atoms with E-state index in [1.165, 1.54) is 0 Å². The number of ether oxygens (including phenoxy) is 1. The van der Waals surface area contributed by atoms with Gasteiger partial charge in [0.15, 0.2) is 11.8 Å². The number of furan rings is 1. The molecule has 29 heavy (non-hydrogen) atoms. The zero-order valence-corrected chi connectivity index (χ0v) is 16.4. The summed E-state index contributed by atoms with van der Waals surface area (Å²) in [5, 5.41) is 7.49. The van der Waals surface area contributed by atoms with Crippen molar-refractivity contribution in [2.75, 3.05) is 0 Å². The van der Waals surface area contributed by atoms with Crippen LogP contribution in [0.1, 0.15) is 44.9 Å². The molecule has 0 aliphatic rings. The molecule has 4 rings (SSSR count). The fourth-order valence-corrected chi connectivity index (χ4v) is 3.46. The summed E-state index contributed by atoms with van der Waals surface area (Å²) >= 11 is 0. The minimum absolute atomic E-state index is 0.170. The zero-order chi connectivity index (χ0) is 20.5. The molecule has 4 aromatic rings. The number of esters is 1. The van der Waals surface area contributed by atoms with Crippen molar-refractivity contribution < 1.29 is 18.7 Å². The lowest BCUT2D eigenvalue weighted by atomic mass is 10.1. The lowest BCUT2D eigenvalue weighted by molar-refractivity contribution is 0.0314. The van der Waals surface area contributed by atoms with E-state index in [4.69, 9.17) is 9.15 Å². The van der Waals surface area contributed by atoms with Crippen molar-refractivity contribution in [3.05, 3.63) is 77.1 Å². The fraction of sp³-hybridized carbons (Fsp3) is 0.227. The van der Waals surface area contributed by atoms with Crippen molar-refractivity contribution in [1.29, 1.82) is 0 Å². The molecule has 0 radical (unpaired) electrons. The van der Waals surface area contributed by atoms with Gasteiger partial charge < -0.3 is 13.7 Å². The Morgan fingerprint density at radius 1 is 1.21 bits per heavy atom. The van der Waals surface area contributed by atoms with Gasteiger partial charge in [-0.3, -0.25) is 9.89 Å². The number of Topliss-reactive ketones (excluding diaryl/α,β-unsaturated/α-hetero) is 1. The van der Waals surface area contributed by atoms with Crippen LogP contribution in [0.5, 0.6) is 0 Å². The minimum Gasteiger partial charge on any atom is -0.467 e. The Bertz CT molecular complexity index is 1180. The maximum Gasteiger partial charge on any atom is 0.360 e. The number of nitrogens with zero attached hydrogens (tertiary/aromatic N) is 2. The maximum absolute atomic E-state index is 13.0. The third-order valence-corrected chi connectivity index (χ3v) is 5.05. The number of benzene rings is 1. The Kier molecular flexibility index (Phi) is 4.80. The normalized spacial score (nSPS) is 12.2. The summed E-state index contributed by atoms with van der Waals surface area (Å²) in [4.78, 5) is 25.5. The van der Waals surface area contributed by atoms with E-state index in [1.807, 2.05) is 54.8 Å². The minimum atomic E-state index is -0.935. The van der Waals surface area contributed by atoms with E-state index >= 15 is 0 Å². The molecular weight excluding hydrogens is 370 g/mol. The van der Waals surface area contributed by atoms with Crippen molar-refractivity contribution in [2.45, 2.75) is 33.4 Å². The van der Waals surface area contributed by atoms with Gasteiger partial charge in [0.05, 0.1) is 18.3 Å². The van der Waals surface area contributed by atoms with Crippen LogP contribution in [0.2, 0.25) is 0 Å². The van der Waals surface area contributed by atoms with E-state index in [0.29, 0.717) is 17.5 Å². The molecule has 0 spiro atoms. The number of H-pyrrole nitrogens is 1. The van der Waals surface area contributed by atoms with Crippen molar-refractivity contribution in [3.8, 4) is 0 Å². The molecule has 0 fully saturated rings. The first-order valence-corrected chi connectivity index (χ1v) is 9.33. The van der Waals surface area contributed by atoms with E-state index in [9.17, 15) is 9.59 Å². The van der Waals surface area contributed by atoms with E-state index in [-0.39, 0.29) is 11.5 Å². The number of hydrogen-bond donors (Lipinski definition) is 1. The summed E-state index contributed by atoms with van der Waals surface area (Å²) in [6.07, 6.45) is 0.686. The number of aromatic nitrogens is 3. The highest BCUT2D eigenvalue weighted by atomic mass is 16.5. The molecular formula is C22H21N3O4. The number of carbonyl (C=O) groups excluding carboxylic acids is 2. The first-order valence-electron chi connectivity index (χ1n) is 9.33. The summed E-state index contributed by atoms with van der Waals surface area (Å²) in [6.45, 7) is 5.91. The molecule has 0 saturated carbocycles. The molecule has 148 valence electrons. The second-order valence-corrected chi connectivity index (χ2v) is 6.98. The lowest BCUT2D eigenvalue weighted by Gasteiger charge is -2.12. The highest BCUT2D eigenvalue weighted by molar-refractivity contribution is 6.05. The van der Waals surface area contributed by atoms with Gasteiger partial charge in [-0.15, -0.1) is 0 Å². The van der Waals surface area contributed by atoms with Crippen LogP contribution in [-0.2, 0) is 11.3 Å². The van der Waals surface area contributed by atoms with Gasteiger partial charge in [-0.1, -0.05) is 18.2 Å². The fourth-order valence-electron chi connectivity index (χ4n) is 3.46. The second kappa shape index (κ2) is 7.43. The number of para-hydroxylation sites is 1. The molecule has 1 atom stereocenters. The third-order valence-electron chi connectivity index (χ3n) is 5.05. The third kappa shape index (κ3) is 3.47. The molecule has 0 aliphatic heterocycles. The Labute approximate surface area is 167 Å². The van der Waals surface area contributed by atoms with Crippen molar-refractivity contribution in [2.24, 2.45) is 0 Å². The summed E-state index contributed by atoms with van der Waals surface area (Å²) in [5.74, 6) is -0.0830. The average molecular weight is 391 g/mol. The van der Waals surface area contributed by atoms with Crippen LogP contribution in [0, 0.1) is 13.8 Å². The molecule has 0 saturated heterocycles. The summed E-state index contributed by atoms with van der Waals surface area (Å²) in [7, 11) is 0. The maximum atomic E-state index is 13.0. The highest BCUT2D eigenvalue weighted by Gasteiger charge is 2.26. The Morgan fingerprint density at radius 2 is 2.00 bits per heavy atom. The SMILES string of the molecule is Cc1cc(C(=O)[C@H](C)OC(=O)c2n[nH]c3ccccc23)c(C)n1Cc1ccco1. The molecule has 7 nitrogen and oxygen atoms in total. The van der Waals surface area contributed by atoms with Gasteiger partial charge in [-0.25, -0.2) is 4.79 Å². The molecule has 3 heterocycles. The van der Waals surface area contributed by atoms with Crippen molar-refractivity contribution >= 4 is 22.7 Å². The molecule has 7 heteroatoms. The number of aromatic amines is 1. The van der Waals surface area contributed by atoms with E-state index in [1.54, 1.807) is 19.3 Å². The predicted molar refractivity (Wildman–Crippen MR) is 107 cm³/mol. The molecule has 1 N–H and O–H groups in total. The quantitative estimate of drug-likeness (QED) is 0.396. The number of fused-ring (bicyclic) bond motifs is 1. The van der Waals surface area contributed by atoms with Crippen LogP contribution in [0.3, 0.4) is 0 Å². The summed E-state index contributed by atoms with van der Waals surface area (Å²) in [5.41, 5.74) is 3.17. The van der Waals surface area contributed by atoms with Crippen LogP contribution in [0.4, 0.5) is 0 Å². The number of nitrogens with one attached hydrogen (secondary N) is 1. The van der Waals surface area contributed by atoms with Gasteiger partial charge in [0.2, 0.25) is 5.78 Å². The smallest absolute Gasteiger partial charge is 0.360 e. The number of ketones is 1. The Morgan fingerprint density at radius 3 is 2.76 bits per heavy atom. The van der Waals surface area contributed by atoms with Gasteiger partial charge in [-0.05, 0) is 45.0 Å². The van der Waals surface area contributed by atoms with Crippen LogP contribution < -0.4 is 0 Å². The molecule has 1 aromatic carbocycles. The zero-order valence-electron chi connectivity index (χ0n) is 16.4. The molecule has 0 unspecified atom stereocenters. The van der Waals surface area contributed by atoms with Crippen LogP contribution in [0.15, 0.2) is 53.1 Å². The first kappa shape index (κ1) is 18.7. The average Bonchev–Trinajstić information content (AvgIpc) is 3.43. The summed E-state index contributed by atoms with van der Waals surface area (Å²) < 4.78 is 12.8. The van der Waals surface area contributed by atoms with Gasteiger partial charge in [-0.2, -0.15) is 5.10 Å². The van der Waals surface area contributed by atoms with Crippen LogP contribution in [-0.4, -0.2) is 32.6 Å². The topological polar surface area (TPSA) is 90.1 Å². The second-order valence-electron chi connectivity index (χ2n) is 6.98. The monoisotopic (exact) mass is 391 g/mol. The van der Waals surface area contributed by atoms with Gasteiger partial charge >= 0.3 is 5.97 Å². The Hall–Kier alpha value is -3.61. The number of hydrogen-bond acceptors (Lipinski definition) is 5. The number of aryl methyl sites for hydroxylation is 1. The predicted octanol–water partition coefficient (Wildman–Crippen LogP) is 4.05. The van der Waals surface area contributed by atoms with Crippen LogP contribution >= 0.6 is 0 Å².